The van der Waals surface area contributed by atoms with Crippen LogP contribution in [0.1, 0.15) is 79.2 Å². The summed E-state index contributed by atoms with van der Waals surface area (Å²) < 4.78 is 4.87. The van der Waals surface area contributed by atoms with Gasteiger partial charge in [0.1, 0.15) is 0 Å². The molecule has 0 fully saturated rings. The molecule has 0 aliphatic heterocycles. The van der Waals surface area contributed by atoms with Gasteiger partial charge in [0.25, 0.3) is 0 Å². The highest BCUT2D eigenvalue weighted by Gasteiger charge is 2.21. The number of fused-ring (bicyclic) bond motifs is 4. The average Bonchev–Trinajstić information content (AvgIpc) is 4.03. The van der Waals surface area contributed by atoms with E-state index in [1.165, 1.54) is 77.5 Å². The van der Waals surface area contributed by atoms with Gasteiger partial charge in [-0.3, -0.25) is 0 Å². The number of hydrogen-bond acceptors (Lipinski definition) is 0. The maximum Gasteiger partial charge on any atom is 0.0718 e. The van der Waals surface area contributed by atoms with Crippen LogP contribution in [0.4, 0.5) is 0 Å². The second kappa shape index (κ2) is 20.4. The largest absolute Gasteiger partial charge is 0.330 e. The van der Waals surface area contributed by atoms with Crippen LogP contribution < -0.4 is 0 Å². The van der Waals surface area contributed by atoms with Crippen molar-refractivity contribution in [3.05, 3.63) is 240 Å². The molecule has 62 heavy (non-hydrogen) atoms. The molecule has 1 atom stereocenters. The summed E-state index contributed by atoms with van der Waals surface area (Å²) in [7, 11) is 0. The van der Waals surface area contributed by atoms with Crippen LogP contribution in [0.2, 0.25) is 0 Å². The van der Waals surface area contributed by atoms with Crippen LogP contribution in [0.3, 0.4) is 0 Å². The predicted molar refractivity (Wildman–Crippen MR) is 274 cm³/mol. The number of rotatable bonds is 11. The Morgan fingerprint density at radius 2 is 1.32 bits per heavy atom. The molecule has 1 aliphatic rings. The van der Waals surface area contributed by atoms with Crippen LogP contribution in [0.5, 0.6) is 0 Å². The van der Waals surface area contributed by atoms with Gasteiger partial charge < -0.3 is 9.13 Å². The summed E-state index contributed by atoms with van der Waals surface area (Å²) in [6.45, 7) is 18.8. The first-order valence-electron chi connectivity index (χ1n) is 22.0. The van der Waals surface area contributed by atoms with Crippen molar-refractivity contribution in [1.82, 2.24) is 9.13 Å². The van der Waals surface area contributed by atoms with Gasteiger partial charge in [0.15, 0.2) is 0 Å². The van der Waals surface area contributed by atoms with E-state index < -0.39 is 0 Å². The van der Waals surface area contributed by atoms with E-state index in [1.807, 2.05) is 26.0 Å². The summed E-state index contributed by atoms with van der Waals surface area (Å²) in [5, 5.41) is 3.72. The number of nitrogens with zero attached hydrogens (tertiary/aromatic N) is 2. The van der Waals surface area contributed by atoms with Crippen molar-refractivity contribution in [1.29, 1.82) is 0 Å². The smallest absolute Gasteiger partial charge is 0.0718 e. The molecule has 0 saturated carbocycles. The van der Waals surface area contributed by atoms with Crippen LogP contribution in [-0.4, -0.2) is 9.13 Å². The van der Waals surface area contributed by atoms with Crippen molar-refractivity contribution in [3.63, 3.8) is 0 Å². The second-order valence-electron chi connectivity index (χ2n) is 15.2. The van der Waals surface area contributed by atoms with Crippen molar-refractivity contribution in [2.75, 3.05) is 0 Å². The van der Waals surface area contributed by atoms with Gasteiger partial charge in [0.05, 0.1) is 17.3 Å². The number of aromatic nitrogens is 2. The molecule has 308 valence electrons. The third kappa shape index (κ3) is 8.97. The van der Waals surface area contributed by atoms with E-state index in [1.54, 1.807) is 0 Å². The van der Waals surface area contributed by atoms with Crippen molar-refractivity contribution in [3.8, 4) is 0 Å². The zero-order chi connectivity index (χ0) is 43.4. The Morgan fingerprint density at radius 3 is 2.00 bits per heavy atom. The van der Waals surface area contributed by atoms with Crippen molar-refractivity contribution < 1.29 is 0 Å². The summed E-state index contributed by atoms with van der Waals surface area (Å²) in [6, 6.07) is 53.9. The lowest BCUT2D eigenvalue weighted by molar-refractivity contribution is 0.786. The molecule has 0 bridgehead atoms. The summed E-state index contributed by atoms with van der Waals surface area (Å²) in [5.74, 6) is 0. The zero-order valence-corrected chi connectivity index (χ0v) is 36.9. The number of benzene rings is 6. The van der Waals surface area contributed by atoms with Gasteiger partial charge >= 0.3 is 0 Å². The van der Waals surface area contributed by atoms with E-state index in [0.717, 1.165) is 24.0 Å². The van der Waals surface area contributed by atoms with Crippen LogP contribution in [0.25, 0.3) is 67.8 Å². The molecular weight excluding hydrogens is 749 g/mol. The molecule has 8 aromatic rings. The molecule has 0 amide bonds. The SMILES string of the molecule is C=C/C(=C\C(C=Cc1ccccc1)n1c2ccccc2c2cc(C3=CC=C(n4c(/C=C\C)c(C=C)c5ccccc54)C3)ccc21)c1ccccc1.CC.CCc1ccccc1C. The first kappa shape index (κ1) is 42.9. The highest BCUT2D eigenvalue weighted by molar-refractivity contribution is 6.09. The van der Waals surface area contributed by atoms with Gasteiger partial charge in [0, 0.05) is 44.9 Å². The van der Waals surface area contributed by atoms with Crippen LogP contribution in [0, 0.1) is 6.92 Å². The fourth-order valence-corrected chi connectivity index (χ4v) is 8.61. The van der Waals surface area contributed by atoms with Gasteiger partial charge in [-0.25, -0.2) is 0 Å². The van der Waals surface area contributed by atoms with Gasteiger partial charge in [-0.1, -0.05) is 204 Å². The Balaban J connectivity index is 0.000000464. The average molecular weight is 807 g/mol. The maximum absolute atomic E-state index is 4.21. The fraction of sp³-hybridized carbons (Fsp3) is 0.133. The van der Waals surface area contributed by atoms with E-state index in [4.69, 9.17) is 0 Å². The Morgan fingerprint density at radius 1 is 0.677 bits per heavy atom. The van der Waals surface area contributed by atoms with E-state index in [9.17, 15) is 0 Å². The minimum absolute atomic E-state index is 0.0586. The zero-order valence-electron chi connectivity index (χ0n) is 36.9. The van der Waals surface area contributed by atoms with Crippen LogP contribution >= 0.6 is 0 Å². The molecule has 1 unspecified atom stereocenters. The molecule has 1 aliphatic carbocycles. The maximum atomic E-state index is 4.21. The molecule has 0 radical (unpaired) electrons. The molecule has 2 heteroatoms. The predicted octanol–water partition coefficient (Wildman–Crippen LogP) is 16.9. The minimum atomic E-state index is -0.0586. The fourth-order valence-electron chi connectivity index (χ4n) is 8.61. The van der Waals surface area contributed by atoms with Gasteiger partial charge in [0.2, 0.25) is 0 Å². The Labute approximate surface area is 369 Å². The van der Waals surface area contributed by atoms with Gasteiger partial charge in [-0.2, -0.15) is 0 Å². The normalized spacial score (nSPS) is 13.1. The van der Waals surface area contributed by atoms with E-state index in [2.05, 4.69) is 237 Å². The molecular formula is C60H58N2. The quantitative estimate of drug-likeness (QED) is 0.115. The van der Waals surface area contributed by atoms with Gasteiger partial charge in [-0.15, -0.1) is 0 Å². The first-order valence-corrected chi connectivity index (χ1v) is 22.0. The molecule has 0 N–H and O–H groups in total. The lowest BCUT2D eigenvalue weighted by Gasteiger charge is -2.17. The number of aryl methyl sites for hydroxylation is 2. The highest BCUT2D eigenvalue weighted by Crippen LogP contribution is 2.40. The first-order chi connectivity index (χ1) is 30.5. The van der Waals surface area contributed by atoms with Crippen LogP contribution in [-0.2, 0) is 6.42 Å². The molecule has 2 heterocycles. The number of allylic oxidation sites excluding steroid dienone is 9. The Kier molecular flexibility index (Phi) is 14.1. The van der Waals surface area contributed by atoms with Crippen molar-refractivity contribution in [2.24, 2.45) is 0 Å². The Bertz CT molecular complexity index is 2980. The van der Waals surface area contributed by atoms with Gasteiger partial charge in [-0.05, 0) is 95.6 Å². The third-order valence-electron chi connectivity index (χ3n) is 11.6. The summed E-state index contributed by atoms with van der Waals surface area (Å²) >= 11 is 0. The standard InChI is InChI=1S/C49H40N2.C9H12.C2H6/c1-4-17-46-42(6-3)43-22-13-15-24-47(43)50(46)41-30-27-38(33-41)39-28-31-49-45(34-39)44-23-14-16-25-48(44)51(49)40(29-26-35-18-9-7-10-19-35)32-36(5-2)37-20-11-8-12-21-37;1-3-9-7-5-4-6-8(9)2;1-2/h4-32,34,40H,2-3,33H2,1H3;4-7H,3H2,1-2H3;1-2H3/b17-4-,29-26?,36-32+;;. The third-order valence-corrected chi connectivity index (χ3v) is 11.6. The molecule has 9 rings (SSSR count). The lowest BCUT2D eigenvalue weighted by atomic mass is 10.0. The topological polar surface area (TPSA) is 9.86 Å². The van der Waals surface area contributed by atoms with E-state index in [0.29, 0.717) is 0 Å². The van der Waals surface area contributed by atoms with Crippen molar-refractivity contribution in [2.45, 2.75) is 53.5 Å². The monoisotopic (exact) mass is 806 g/mol. The number of para-hydroxylation sites is 2. The highest BCUT2D eigenvalue weighted by atomic mass is 15.0. The van der Waals surface area contributed by atoms with E-state index in [-0.39, 0.29) is 6.04 Å². The second-order valence-corrected chi connectivity index (χ2v) is 15.2. The Hall–Kier alpha value is -7.16. The molecule has 2 aromatic heterocycles. The lowest BCUT2D eigenvalue weighted by Crippen LogP contribution is -2.04. The van der Waals surface area contributed by atoms with Crippen molar-refractivity contribution >= 4 is 67.8 Å². The summed E-state index contributed by atoms with van der Waals surface area (Å²) in [6.07, 6.45) is 21.7. The molecule has 0 spiro atoms. The summed E-state index contributed by atoms with van der Waals surface area (Å²) in [4.78, 5) is 0. The summed E-state index contributed by atoms with van der Waals surface area (Å²) in [5.41, 5.74) is 16.0. The van der Waals surface area contributed by atoms with E-state index >= 15 is 0 Å². The molecule has 0 saturated heterocycles. The number of hydrogen-bond donors (Lipinski definition) is 0. The van der Waals surface area contributed by atoms with Crippen LogP contribution in [0.15, 0.2) is 201 Å². The molecule has 2 nitrogen and oxygen atoms in total. The molecule has 6 aromatic carbocycles. The minimum Gasteiger partial charge on any atom is -0.330 e.